The Balaban J connectivity index is 2.14. The van der Waals surface area contributed by atoms with Crippen LogP contribution < -0.4 is 4.74 Å². The van der Waals surface area contributed by atoms with Crippen molar-refractivity contribution < 1.29 is 9.84 Å². The molecule has 1 N–H and O–H groups in total. The summed E-state index contributed by atoms with van der Waals surface area (Å²) in [5.74, 6) is 0.918. The van der Waals surface area contributed by atoms with Crippen molar-refractivity contribution in [1.29, 1.82) is 0 Å². The average Bonchev–Trinajstić information content (AvgIpc) is 2.83. The highest BCUT2D eigenvalue weighted by molar-refractivity contribution is 7.11. The summed E-state index contributed by atoms with van der Waals surface area (Å²) in [4.78, 5) is 5.47. The van der Waals surface area contributed by atoms with Crippen LogP contribution in [0.3, 0.4) is 0 Å². The zero-order chi connectivity index (χ0) is 14.7. The second-order valence-electron chi connectivity index (χ2n) is 4.98. The van der Waals surface area contributed by atoms with Gasteiger partial charge in [0.05, 0.1) is 17.2 Å². The second-order valence-corrected chi connectivity index (χ2v) is 6.15. The molecule has 1 aromatic carbocycles. The minimum Gasteiger partial charge on any atom is -0.486 e. The van der Waals surface area contributed by atoms with E-state index < -0.39 is 0 Å². The zero-order valence-corrected chi connectivity index (χ0v) is 13.3. The lowest BCUT2D eigenvalue weighted by molar-refractivity contribution is 0.284. The minimum atomic E-state index is 0.0589. The van der Waals surface area contributed by atoms with E-state index in [1.54, 1.807) is 0 Å². The van der Waals surface area contributed by atoms with Gasteiger partial charge in [0.2, 0.25) is 0 Å². The van der Waals surface area contributed by atoms with Crippen LogP contribution in [0.15, 0.2) is 12.1 Å². The molecule has 0 aliphatic carbocycles. The van der Waals surface area contributed by atoms with Crippen LogP contribution in [-0.2, 0) is 19.6 Å². The van der Waals surface area contributed by atoms with Crippen molar-refractivity contribution in [2.45, 2.75) is 47.3 Å². The van der Waals surface area contributed by atoms with E-state index in [2.05, 4.69) is 37.9 Å². The molecule has 0 saturated heterocycles. The van der Waals surface area contributed by atoms with Crippen molar-refractivity contribution >= 4 is 11.3 Å². The minimum absolute atomic E-state index is 0.0589. The van der Waals surface area contributed by atoms with Gasteiger partial charge in [-0.3, -0.25) is 0 Å². The van der Waals surface area contributed by atoms with E-state index in [0.717, 1.165) is 27.7 Å². The van der Waals surface area contributed by atoms with E-state index in [0.29, 0.717) is 6.61 Å². The molecular weight excluding hydrogens is 270 g/mol. The third kappa shape index (κ3) is 3.19. The van der Waals surface area contributed by atoms with Crippen molar-refractivity contribution in [2.24, 2.45) is 0 Å². The fraction of sp³-hybridized carbons (Fsp3) is 0.438. The predicted octanol–water partition coefficient (Wildman–Crippen LogP) is 3.70. The van der Waals surface area contributed by atoms with Crippen LogP contribution in [0, 0.1) is 20.8 Å². The number of rotatable bonds is 5. The molecule has 0 saturated carbocycles. The van der Waals surface area contributed by atoms with Crippen molar-refractivity contribution in [3.63, 3.8) is 0 Å². The van der Waals surface area contributed by atoms with Gasteiger partial charge in [-0.15, -0.1) is 11.3 Å². The number of aliphatic hydroxyl groups excluding tert-OH is 1. The first-order valence-electron chi connectivity index (χ1n) is 6.84. The summed E-state index contributed by atoms with van der Waals surface area (Å²) in [5, 5.41) is 10.2. The first-order chi connectivity index (χ1) is 9.55. The second kappa shape index (κ2) is 6.37. The molecule has 4 heteroatoms. The topological polar surface area (TPSA) is 42.4 Å². The van der Waals surface area contributed by atoms with Gasteiger partial charge in [0.15, 0.2) is 0 Å². The molecular formula is C16H21NO2S. The molecule has 0 amide bonds. The van der Waals surface area contributed by atoms with Gasteiger partial charge in [-0.1, -0.05) is 13.0 Å². The molecule has 1 heterocycles. The molecule has 0 aliphatic heterocycles. The number of benzene rings is 1. The van der Waals surface area contributed by atoms with Crippen LogP contribution in [0.4, 0.5) is 0 Å². The summed E-state index contributed by atoms with van der Waals surface area (Å²) >= 11 is 1.53. The highest BCUT2D eigenvalue weighted by Crippen LogP contribution is 2.26. The Hall–Kier alpha value is -1.39. The summed E-state index contributed by atoms with van der Waals surface area (Å²) in [6.07, 6.45) is 0.842. The van der Waals surface area contributed by atoms with Gasteiger partial charge in [-0.05, 0) is 49.9 Å². The number of aromatic nitrogens is 1. The lowest BCUT2D eigenvalue weighted by Gasteiger charge is -2.11. The van der Waals surface area contributed by atoms with Crippen LogP contribution in [0.25, 0.3) is 0 Å². The van der Waals surface area contributed by atoms with E-state index in [9.17, 15) is 5.11 Å². The van der Waals surface area contributed by atoms with Gasteiger partial charge in [0, 0.05) is 0 Å². The van der Waals surface area contributed by atoms with Gasteiger partial charge in [-0.25, -0.2) is 4.98 Å². The molecule has 2 aromatic rings. The van der Waals surface area contributed by atoms with Crippen molar-refractivity contribution in [3.05, 3.63) is 44.4 Å². The quantitative estimate of drug-likeness (QED) is 0.913. The fourth-order valence-electron chi connectivity index (χ4n) is 2.19. The Morgan fingerprint density at radius 2 is 2.00 bits per heavy atom. The van der Waals surface area contributed by atoms with Crippen LogP contribution >= 0.6 is 11.3 Å². The van der Waals surface area contributed by atoms with Crippen LogP contribution in [-0.4, -0.2) is 10.1 Å². The zero-order valence-electron chi connectivity index (χ0n) is 12.5. The first kappa shape index (κ1) is 15.0. The lowest BCUT2D eigenvalue weighted by Crippen LogP contribution is -1.98. The molecule has 3 nitrogen and oxygen atoms in total. The molecule has 0 bridgehead atoms. The Morgan fingerprint density at radius 3 is 2.60 bits per heavy atom. The Labute approximate surface area is 124 Å². The van der Waals surface area contributed by atoms with E-state index in [1.165, 1.54) is 28.0 Å². The summed E-state index contributed by atoms with van der Waals surface area (Å²) in [6, 6.07) is 4.22. The lowest BCUT2D eigenvalue weighted by atomic mass is 10.1. The molecule has 0 spiro atoms. The third-order valence-electron chi connectivity index (χ3n) is 3.42. The van der Waals surface area contributed by atoms with E-state index in [4.69, 9.17) is 4.74 Å². The molecule has 108 valence electrons. The maximum absolute atomic E-state index is 9.29. The Morgan fingerprint density at radius 1 is 1.25 bits per heavy atom. The standard InChI is InChI=1S/C16H21NO2S/c1-5-13-15(8-18)20-16(17-13)9-19-14-7-10(2)6-11(3)12(14)4/h6-7,18H,5,8-9H2,1-4H3. The van der Waals surface area contributed by atoms with Crippen LogP contribution in [0.2, 0.25) is 0 Å². The molecule has 0 fully saturated rings. The summed E-state index contributed by atoms with van der Waals surface area (Å²) in [6.45, 7) is 8.81. The Bertz CT molecular complexity index is 583. The van der Waals surface area contributed by atoms with Crippen LogP contribution in [0.1, 0.15) is 39.2 Å². The van der Waals surface area contributed by atoms with Crippen molar-refractivity contribution in [3.8, 4) is 5.75 Å². The highest BCUT2D eigenvalue weighted by Gasteiger charge is 2.10. The fourth-order valence-corrected chi connectivity index (χ4v) is 3.12. The van der Waals surface area contributed by atoms with E-state index in [1.807, 2.05) is 6.92 Å². The van der Waals surface area contributed by atoms with E-state index >= 15 is 0 Å². The summed E-state index contributed by atoms with van der Waals surface area (Å²) < 4.78 is 5.91. The van der Waals surface area contributed by atoms with E-state index in [-0.39, 0.29) is 6.61 Å². The number of aryl methyl sites for hydroxylation is 3. The average molecular weight is 291 g/mol. The molecule has 0 radical (unpaired) electrons. The van der Waals surface area contributed by atoms with Gasteiger partial charge < -0.3 is 9.84 Å². The summed E-state index contributed by atoms with van der Waals surface area (Å²) in [5.41, 5.74) is 4.59. The number of nitrogens with zero attached hydrogens (tertiary/aromatic N) is 1. The van der Waals surface area contributed by atoms with Gasteiger partial charge in [0.1, 0.15) is 17.4 Å². The number of thiazole rings is 1. The molecule has 1 aromatic heterocycles. The summed E-state index contributed by atoms with van der Waals surface area (Å²) in [7, 11) is 0. The SMILES string of the molecule is CCc1nc(COc2cc(C)cc(C)c2C)sc1CO. The smallest absolute Gasteiger partial charge is 0.140 e. The number of hydrogen-bond acceptors (Lipinski definition) is 4. The van der Waals surface area contributed by atoms with Crippen molar-refractivity contribution in [2.75, 3.05) is 0 Å². The number of ether oxygens (including phenoxy) is 1. The highest BCUT2D eigenvalue weighted by atomic mass is 32.1. The monoisotopic (exact) mass is 291 g/mol. The number of aliphatic hydroxyl groups is 1. The molecule has 2 rings (SSSR count). The van der Waals surface area contributed by atoms with Crippen LogP contribution in [0.5, 0.6) is 5.75 Å². The molecule has 0 unspecified atom stereocenters. The van der Waals surface area contributed by atoms with Gasteiger partial charge in [-0.2, -0.15) is 0 Å². The molecule has 0 atom stereocenters. The maximum atomic E-state index is 9.29. The van der Waals surface area contributed by atoms with Crippen molar-refractivity contribution in [1.82, 2.24) is 4.98 Å². The third-order valence-corrected chi connectivity index (χ3v) is 4.47. The molecule has 0 aliphatic rings. The number of hydrogen-bond donors (Lipinski definition) is 1. The maximum Gasteiger partial charge on any atom is 0.140 e. The molecule has 20 heavy (non-hydrogen) atoms. The normalized spacial score (nSPS) is 10.8. The van der Waals surface area contributed by atoms with Gasteiger partial charge >= 0.3 is 0 Å². The largest absolute Gasteiger partial charge is 0.486 e. The predicted molar refractivity (Wildman–Crippen MR) is 82.4 cm³/mol. The van der Waals surface area contributed by atoms with Gasteiger partial charge in [0.25, 0.3) is 0 Å². The Kier molecular flexibility index (Phi) is 4.78. The first-order valence-corrected chi connectivity index (χ1v) is 7.65.